The molecule has 0 heterocycles. The smallest absolute Gasteiger partial charge is 0.139 e. The second-order valence-electron chi connectivity index (χ2n) is 8.75. The third-order valence-electron chi connectivity index (χ3n) is 7.20. The number of benzene rings is 1. The quantitative estimate of drug-likeness (QED) is 0.682. The minimum absolute atomic E-state index is 0.0235. The first-order valence-corrected chi connectivity index (χ1v) is 9.92. The summed E-state index contributed by atoms with van der Waals surface area (Å²) in [6, 6.07) is 6.71. The van der Waals surface area contributed by atoms with Crippen LogP contribution in [0.3, 0.4) is 0 Å². The highest BCUT2D eigenvalue weighted by atomic mass is 16.5. The fourth-order valence-electron chi connectivity index (χ4n) is 5.76. The van der Waals surface area contributed by atoms with Gasteiger partial charge in [0.15, 0.2) is 0 Å². The molecule has 134 valence electrons. The summed E-state index contributed by atoms with van der Waals surface area (Å²) in [6.45, 7) is 8.94. The zero-order valence-corrected chi connectivity index (χ0v) is 15.6. The van der Waals surface area contributed by atoms with Crippen LogP contribution in [-0.2, 0) is 11.2 Å². The molecule has 0 aromatic heterocycles. The highest BCUT2D eigenvalue weighted by molar-refractivity contribution is 5.87. The number of hydrogen-bond acceptors (Lipinski definition) is 2. The van der Waals surface area contributed by atoms with Crippen LogP contribution in [0, 0.1) is 17.3 Å². The third-order valence-corrected chi connectivity index (χ3v) is 7.20. The Kier molecular flexibility index (Phi) is 4.25. The molecule has 2 nitrogen and oxygen atoms in total. The van der Waals surface area contributed by atoms with E-state index in [1.807, 2.05) is 6.92 Å². The number of hydrogen-bond donors (Lipinski definition) is 0. The summed E-state index contributed by atoms with van der Waals surface area (Å²) in [5, 5.41) is 0. The van der Waals surface area contributed by atoms with Crippen molar-refractivity contribution in [1.29, 1.82) is 0 Å². The Hall–Kier alpha value is -1.57. The van der Waals surface area contributed by atoms with Crippen molar-refractivity contribution in [3.63, 3.8) is 0 Å². The van der Waals surface area contributed by atoms with Gasteiger partial charge in [-0.25, -0.2) is 0 Å². The standard InChI is InChI=1S/C23H30O2/c1-15(2)11-13-25-17-5-7-18-16(14-17)4-6-20-19(18)10-12-23(3)21(20)8-9-22(23)24/h5,7,14,19-21H,1,4,6,8-13H2,2-3H3/t19-,20-,21+,23+/m0/s1. The third kappa shape index (κ3) is 2.84. The summed E-state index contributed by atoms with van der Waals surface area (Å²) in [5.74, 6) is 3.49. The molecule has 0 amide bonds. The lowest BCUT2D eigenvalue weighted by molar-refractivity contribution is -0.129. The monoisotopic (exact) mass is 338 g/mol. The molecule has 0 unspecified atom stereocenters. The molecule has 0 aliphatic heterocycles. The number of rotatable bonds is 4. The molecule has 1 aromatic carbocycles. The van der Waals surface area contributed by atoms with Crippen molar-refractivity contribution < 1.29 is 9.53 Å². The Balaban J connectivity index is 1.53. The van der Waals surface area contributed by atoms with Gasteiger partial charge in [0.1, 0.15) is 11.5 Å². The summed E-state index contributed by atoms with van der Waals surface area (Å²) in [7, 11) is 0. The lowest BCUT2D eigenvalue weighted by atomic mass is 9.55. The van der Waals surface area contributed by atoms with Crippen LogP contribution in [0.25, 0.3) is 0 Å². The van der Waals surface area contributed by atoms with E-state index in [1.165, 1.54) is 24.0 Å². The number of ether oxygens (including phenoxy) is 1. The topological polar surface area (TPSA) is 26.3 Å². The van der Waals surface area contributed by atoms with Gasteiger partial charge >= 0.3 is 0 Å². The molecule has 0 spiro atoms. The first-order valence-electron chi connectivity index (χ1n) is 9.92. The van der Waals surface area contributed by atoms with E-state index >= 15 is 0 Å². The van der Waals surface area contributed by atoms with E-state index in [4.69, 9.17) is 4.74 Å². The minimum atomic E-state index is -0.0235. The highest BCUT2D eigenvalue weighted by Gasteiger charge is 2.54. The van der Waals surface area contributed by atoms with Crippen molar-refractivity contribution in [1.82, 2.24) is 0 Å². The first-order chi connectivity index (χ1) is 12.0. The predicted molar refractivity (Wildman–Crippen MR) is 101 cm³/mol. The molecule has 2 fully saturated rings. The van der Waals surface area contributed by atoms with Crippen molar-refractivity contribution in [2.75, 3.05) is 6.61 Å². The summed E-state index contributed by atoms with van der Waals surface area (Å²) < 4.78 is 5.91. The molecule has 3 aliphatic rings. The molecular formula is C23H30O2. The van der Waals surface area contributed by atoms with Gasteiger partial charge in [0, 0.05) is 18.3 Å². The van der Waals surface area contributed by atoms with Crippen LogP contribution in [0.15, 0.2) is 30.4 Å². The van der Waals surface area contributed by atoms with E-state index in [0.717, 1.165) is 43.4 Å². The second kappa shape index (κ2) is 6.30. The van der Waals surface area contributed by atoms with E-state index in [-0.39, 0.29) is 5.41 Å². The maximum absolute atomic E-state index is 12.4. The molecule has 0 bridgehead atoms. The predicted octanol–water partition coefficient (Wildman–Crippen LogP) is 5.46. The van der Waals surface area contributed by atoms with Gasteiger partial charge < -0.3 is 4.74 Å². The van der Waals surface area contributed by atoms with Gasteiger partial charge in [-0.15, -0.1) is 6.58 Å². The van der Waals surface area contributed by atoms with Gasteiger partial charge in [0.05, 0.1) is 6.61 Å². The molecule has 4 atom stereocenters. The van der Waals surface area contributed by atoms with Crippen LogP contribution >= 0.6 is 0 Å². The lowest BCUT2D eigenvalue weighted by Crippen LogP contribution is -2.42. The normalized spacial score (nSPS) is 33.4. The van der Waals surface area contributed by atoms with E-state index in [1.54, 1.807) is 0 Å². The van der Waals surface area contributed by atoms with Gasteiger partial charge in [-0.3, -0.25) is 4.79 Å². The molecule has 2 heteroatoms. The first kappa shape index (κ1) is 16.9. The molecule has 0 saturated heterocycles. The maximum atomic E-state index is 12.4. The summed E-state index contributed by atoms with van der Waals surface area (Å²) in [5.41, 5.74) is 4.15. The van der Waals surface area contributed by atoms with Crippen molar-refractivity contribution in [2.45, 2.75) is 64.7 Å². The summed E-state index contributed by atoms with van der Waals surface area (Å²) in [4.78, 5) is 12.4. The molecule has 0 radical (unpaired) electrons. The van der Waals surface area contributed by atoms with Crippen LogP contribution in [0.4, 0.5) is 0 Å². The molecule has 0 N–H and O–H groups in total. The fourth-order valence-corrected chi connectivity index (χ4v) is 5.76. The Morgan fingerprint density at radius 1 is 1.28 bits per heavy atom. The Morgan fingerprint density at radius 2 is 2.12 bits per heavy atom. The van der Waals surface area contributed by atoms with Crippen molar-refractivity contribution >= 4 is 5.78 Å². The molecule has 3 aliphatic carbocycles. The molecule has 4 rings (SSSR count). The van der Waals surface area contributed by atoms with E-state index in [0.29, 0.717) is 30.1 Å². The van der Waals surface area contributed by atoms with Crippen molar-refractivity contribution in [2.24, 2.45) is 17.3 Å². The Labute approximate surface area is 151 Å². The summed E-state index contributed by atoms with van der Waals surface area (Å²) >= 11 is 0. The number of aryl methyl sites for hydroxylation is 1. The number of carbonyl (C=O) groups is 1. The molecular weight excluding hydrogens is 308 g/mol. The van der Waals surface area contributed by atoms with Crippen LogP contribution in [0.2, 0.25) is 0 Å². The lowest BCUT2D eigenvalue weighted by Gasteiger charge is -2.48. The average molecular weight is 338 g/mol. The van der Waals surface area contributed by atoms with E-state index < -0.39 is 0 Å². The van der Waals surface area contributed by atoms with E-state index in [9.17, 15) is 4.79 Å². The number of Topliss-reactive ketones (excluding diaryl/α,β-unsaturated/α-hetero) is 1. The zero-order valence-electron chi connectivity index (χ0n) is 15.6. The van der Waals surface area contributed by atoms with Gasteiger partial charge in [-0.1, -0.05) is 18.6 Å². The van der Waals surface area contributed by atoms with Gasteiger partial charge in [-0.05, 0) is 80.0 Å². The van der Waals surface area contributed by atoms with Crippen molar-refractivity contribution in [3.8, 4) is 5.75 Å². The minimum Gasteiger partial charge on any atom is -0.493 e. The highest BCUT2D eigenvalue weighted by Crippen LogP contribution is 2.59. The molecule has 2 saturated carbocycles. The number of ketones is 1. The van der Waals surface area contributed by atoms with Gasteiger partial charge in [0.25, 0.3) is 0 Å². The zero-order chi connectivity index (χ0) is 17.6. The van der Waals surface area contributed by atoms with Gasteiger partial charge in [-0.2, -0.15) is 0 Å². The van der Waals surface area contributed by atoms with Crippen LogP contribution < -0.4 is 4.74 Å². The fraction of sp³-hybridized carbons (Fsp3) is 0.609. The van der Waals surface area contributed by atoms with Crippen LogP contribution in [0.5, 0.6) is 5.75 Å². The molecule has 25 heavy (non-hydrogen) atoms. The van der Waals surface area contributed by atoms with Gasteiger partial charge in [0.2, 0.25) is 0 Å². The Bertz CT molecular complexity index is 704. The second-order valence-corrected chi connectivity index (χ2v) is 8.75. The largest absolute Gasteiger partial charge is 0.493 e. The van der Waals surface area contributed by atoms with E-state index in [2.05, 4.69) is 31.7 Å². The SMILES string of the molecule is C=C(C)CCOc1ccc2c(c1)CC[C@@H]1[C@H]3CCC(=O)[C@]3(C)CC[C@@H]21. The average Bonchev–Trinajstić information content (AvgIpc) is 2.89. The molecule has 1 aromatic rings. The van der Waals surface area contributed by atoms with Crippen molar-refractivity contribution in [3.05, 3.63) is 41.5 Å². The van der Waals surface area contributed by atoms with Crippen LogP contribution in [0.1, 0.15) is 69.4 Å². The maximum Gasteiger partial charge on any atom is 0.139 e. The summed E-state index contributed by atoms with van der Waals surface area (Å²) in [6.07, 6.45) is 7.46. The Morgan fingerprint density at radius 3 is 2.92 bits per heavy atom. The van der Waals surface area contributed by atoms with Crippen LogP contribution in [-0.4, -0.2) is 12.4 Å². The number of fused-ring (bicyclic) bond motifs is 5. The number of carbonyl (C=O) groups excluding carboxylic acids is 1.